The van der Waals surface area contributed by atoms with Crippen LogP contribution in [-0.2, 0) is 10.0 Å². The molecule has 146 valence electrons. The Hall–Kier alpha value is -2.49. The van der Waals surface area contributed by atoms with Crippen LogP contribution in [0.5, 0.6) is 0 Å². The van der Waals surface area contributed by atoms with Gasteiger partial charge in [0.05, 0.1) is 6.10 Å². The standard InChI is InChI=1S/C19H21N5O3S/c20-18-17(28(26,27)24-13-6-7-14(24)11-15(25)10-13)16-19(22-9-8-21-16)23(18)12-4-2-1-3-5-12/h1-5,8-9,13-15,25H,6-7,10-11,20H2. The Morgan fingerprint density at radius 3 is 2.36 bits per heavy atom. The van der Waals surface area contributed by atoms with Gasteiger partial charge in [-0.3, -0.25) is 4.57 Å². The first-order valence-corrected chi connectivity index (χ1v) is 10.8. The second-order valence-corrected chi connectivity index (χ2v) is 9.24. The molecule has 4 heterocycles. The summed E-state index contributed by atoms with van der Waals surface area (Å²) in [5, 5.41) is 10.1. The number of piperidine rings is 1. The van der Waals surface area contributed by atoms with E-state index in [9.17, 15) is 13.5 Å². The van der Waals surface area contributed by atoms with Crippen molar-refractivity contribution in [2.24, 2.45) is 0 Å². The molecule has 0 radical (unpaired) electrons. The highest BCUT2D eigenvalue weighted by Gasteiger charge is 2.48. The minimum Gasteiger partial charge on any atom is -0.393 e. The molecule has 2 bridgehead atoms. The molecule has 2 saturated heterocycles. The van der Waals surface area contributed by atoms with Gasteiger partial charge >= 0.3 is 0 Å². The molecular formula is C19H21N5O3S. The van der Waals surface area contributed by atoms with Crippen molar-refractivity contribution in [3.63, 3.8) is 0 Å². The molecule has 9 heteroatoms. The maximum atomic E-state index is 13.7. The lowest BCUT2D eigenvalue weighted by atomic mass is 10.0. The number of fused-ring (bicyclic) bond motifs is 3. The number of aliphatic hydroxyl groups is 1. The highest BCUT2D eigenvalue weighted by molar-refractivity contribution is 7.89. The third kappa shape index (κ3) is 2.47. The van der Waals surface area contributed by atoms with E-state index in [0.717, 1.165) is 18.5 Å². The third-order valence-electron chi connectivity index (χ3n) is 5.77. The van der Waals surface area contributed by atoms with Crippen molar-refractivity contribution >= 4 is 27.0 Å². The average Bonchev–Trinajstić information content (AvgIpc) is 3.14. The number of anilines is 1. The van der Waals surface area contributed by atoms with E-state index in [1.54, 1.807) is 8.87 Å². The molecule has 3 aromatic rings. The molecule has 0 spiro atoms. The number of para-hydroxylation sites is 1. The van der Waals surface area contributed by atoms with Gasteiger partial charge in [0, 0.05) is 30.2 Å². The molecule has 2 atom stereocenters. The lowest BCUT2D eigenvalue weighted by Crippen LogP contribution is -2.47. The number of nitrogens with zero attached hydrogens (tertiary/aromatic N) is 4. The van der Waals surface area contributed by atoms with Crippen LogP contribution in [-0.4, -0.2) is 50.6 Å². The quantitative estimate of drug-likeness (QED) is 0.693. The van der Waals surface area contributed by atoms with Gasteiger partial charge in [0.25, 0.3) is 0 Å². The van der Waals surface area contributed by atoms with E-state index in [1.165, 1.54) is 12.4 Å². The van der Waals surface area contributed by atoms with Gasteiger partial charge in [-0.2, -0.15) is 4.31 Å². The first-order valence-electron chi connectivity index (χ1n) is 9.36. The Morgan fingerprint density at radius 2 is 1.68 bits per heavy atom. The topological polar surface area (TPSA) is 114 Å². The van der Waals surface area contributed by atoms with Gasteiger partial charge in [0.1, 0.15) is 11.3 Å². The fraction of sp³-hybridized carbons (Fsp3) is 0.368. The summed E-state index contributed by atoms with van der Waals surface area (Å²) in [4.78, 5) is 8.68. The normalized spacial score (nSPS) is 25.4. The summed E-state index contributed by atoms with van der Waals surface area (Å²) in [5.41, 5.74) is 7.82. The van der Waals surface area contributed by atoms with Gasteiger partial charge in [-0.1, -0.05) is 18.2 Å². The van der Waals surface area contributed by atoms with Crippen molar-refractivity contribution < 1.29 is 13.5 Å². The largest absolute Gasteiger partial charge is 0.393 e. The number of nitrogens with two attached hydrogens (primary N) is 1. The summed E-state index contributed by atoms with van der Waals surface area (Å²) < 4.78 is 30.6. The van der Waals surface area contributed by atoms with Gasteiger partial charge in [-0.25, -0.2) is 18.4 Å². The lowest BCUT2D eigenvalue weighted by molar-refractivity contribution is 0.0769. The Balaban J connectivity index is 1.73. The van der Waals surface area contributed by atoms with E-state index in [1.807, 2.05) is 30.3 Å². The number of sulfonamides is 1. The van der Waals surface area contributed by atoms with Gasteiger partial charge in [-0.05, 0) is 37.8 Å². The Morgan fingerprint density at radius 1 is 1.04 bits per heavy atom. The second kappa shape index (κ2) is 6.26. The Labute approximate surface area is 162 Å². The minimum atomic E-state index is -3.89. The van der Waals surface area contributed by atoms with E-state index in [-0.39, 0.29) is 28.3 Å². The van der Waals surface area contributed by atoms with Crippen LogP contribution in [0.4, 0.5) is 5.82 Å². The second-order valence-electron chi connectivity index (χ2n) is 7.46. The van der Waals surface area contributed by atoms with Gasteiger partial charge in [0.15, 0.2) is 10.5 Å². The van der Waals surface area contributed by atoms with E-state index in [4.69, 9.17) is 5.73 Å². The van der Waals surface area contributed by atoms with Crippen LogP contribution in [0.2, 0.25) is 0 Å². The Bertz CT molecular complexity index is 1130. The summed E-state index contributed by atoms with van der Waals surface area (Å²) in [6, 6.07) is 8.89. The van der Waals surface area contributed by atoms with E-state index in [2.05, 4.69) is 9.97 Å². The van der Waals surface area contributed by atoms with Crippen molar-refractivity contribution in [1.29, 1.82) is 0 Å². The van der Waals surface area contributed by atoms with Crippen molar-refractivity contribution in [2.75, 3.05) is 5.73 Å². The van der Waals surface area contributed by atoms with Gasteiger partial charge in [-0.15, -0.1) is 0 Å². The van der Waals surface area contributed by atoms with Crippen LogP contribution in [0.15, 0.2) is 47.6 Å². The number of rotatable bonds is 3. The lowest BCUT2D eigenvalue weighted by Gasteiger charge is -2.35. The molecule has 2 aliphatic rings. The van der Waals surface area contributed by atoms with Crippen molar-refractivity contribution in [3.05, 3.63) is 42.7 Å². The number of hydrogen-bond acceptors (Lipinski definition) is 6. The monoisotopic (exact) mass is 399 g/mol. The van der Waals surface area contributed by atoms with Crippen LogP contribution < -0.4 is 5.73 Å². The average molecular weight is 399 g/mol. The van der Waals surface area contributed by atoms with Crippen LogP contribution in [0.25, 0.3) is 16.9 Å². The summed E-state index contributed by atoms with van der Waals surface area (Å²) in [6.45, 7) is 0. The van der Waals surface area contributed by atoms with Crippen LogP contribution in [0.1, 0.15) is 25.7 Å². The van der Waals surface area contributed by atoms with E-state index < -0.39 is 16.1 Å². The van der Waals surface area contributed by atoms with Crippen molar-refractivity contribution in [1.82, 2.24) is 18.8 Å². The maximum Gasteiger partial charge on any atom is 0.249 e. The summed E-state index contributed by atoms with van der Waals surface area (Å²) in [6.07, 6.45) is 4.97. The molecule has 8 nitrogen and oxygen atoms in total. The van der Waals surface area contributed by atoms with Gasteiger partial charge in [0.2, 0.25) is 10.0 Å². The zero-order valence-corrected chi connectivity index (χ0v) is 16.0. The first kappa shape index (κ1) is 17.6. The molecule has 1 aromatic carbocycles. The minimum absolute atomic E-state index is 0.00717. The number of hydrogen-bond donors (Lipinski definition) is 2. The molecule has 2 unspecified atom stereocenters. The number of benzene rings is 1. The van der Waals surface area contributed by atoms with Crippen molar-refractivity contribution in [3.8, 4) is 5.69 Å². The molecule has 0 amide bonds. The predicted octanol–water partition coefficient (Wildman–Crippen LogP) is 1.68. The number of aliphatic hydroxyl groups excluding tert-OH is 1. The summed E-state index contributed by atoms with van der Waals surface area (Å²) in [5.74, 6) is 0.109. The molecule has 28 heavy (non-hydrogen) atoms. The zero-order chi connectivity index (χ0) is 19.5. The molecule has 0 aliphatic carbocycles. The Kier molecular flexibility index (Phi) is 3.94. The maximum absolute atomic E-state index is 13.7. The van der Waals surface area contributed by atoms with E-state index in [0.29, 0.717) is 18.5 Å². The first-order chi connectivity index (χ1) is 13.5. The number of aromatic nitrogens is 3. The summed E-state index contributed by atoms with van der Waals surface area (Å²) in [7, 11) is -3.89. The molecule has 3 N–H and O–H groups in total. The van der Waals surface area contributed by atoms with Crippen LogP contribution in [0, 0.1) is 0 Å². The third-order valence-corrected chi connectivity index (χ3v) is 7.84. The van der Waals surface area contributed by atoms with Crippen molar-refractivity contribution in [2.45, 2.75) is 48.8 Å². The molecule has 2 fully saturated rings. The molecular weight excluding hydrogens is 378 g/mol. The molecule has 2 aromatic heterocycles. The summed E-state index contributed by atoms with van der Waals surface area (Å²) >= 11 is 0. The highest BCUT2D eigenvalue weighted by atomic mass is 32.2. The van der Waals surface area contributed by atoms with Gasteiger partial charge < -0.3 is 10.8 Å². The molecule has 5 rings (SSSR count). The molecule has 0 saturated carbocycles. The number of nitrogen functional groups attached to an aromatic ring is 1. The SMILES string of the molecule is Nc1c(S(=O)(=O)N2C3CCC2CC(O)C3)c2nccnc2n1-c1ccccc1. The van der Waals surface area contributed by atoms with E-state index >= 15 is 0 Å². The van der Waals surface area contributed by atoms with Crippen LogP contribution >= 0.6 is 0 Å². The highest BCUT2D eigenvalue weighted by Crippen LogP contribution is 2.43. The van der Waals surface area contributed by atoms with Crippen LogP contribution in [0.3, 0.4) is 0 Å². The smallest absolute Gasteiger partial charge is 0.249 e. The fourth-order valence-corrected chi connectivity index (χ4v) is 6.81. The predicted molar refractivity (Wildman–Crippen MR) is 104 cm³/mol. The fourth-order valence-electron chi connectivity index (χ4n) is 4.69. The molecule has 2 aliphatic heterocycles. The zero-order valence-electron chi connectivity index (χ0n) is 15.1.